The van der Waals surface area contributed by atoms with E-state index in [1.807, 2.05) is 18.4 Å². The molecule has 0 aliphatic rings. The average molecular weight is 279 g/mol. The Morgan fingerprint density at radius 1 is 1.37 bits per heavy atom. The molecule has 2 N–H and O–H groups in total. The zero-order valence-corrected chi connectivity index (χ0v) is 11.9. The predicted molar refractivity (Wildman–Crippen MR) is 77.0 cm³/mol. The zero-order valence-electron chi connectivity index (χ0n) is 11.1. The molecule has 2 aromatic rings. The molecule has 0 amide bonds. The van der Waals surface area contributed by atoms with Gasteiger partial charge in [0.1, 0.15) is 11.6 Å². The first kappa shape index (κ1) is 14.0. The first-order valence-corrected chi connectivity index (χ1v) is 7.27. The molecule has 19 heavy (non-hydrogen) atoms. The van der Waals surface area contributed by atoms with Crippen molar-refractivity contribution in [3.63, 3.8) is 0 Å². The fourth-order valence-corrected chi connectivity index (χ4v) is 3.02. The van der Waals surface area contributed by atoms with Crippen LogP contribution >= 0.6 is 11.3 Å². The summed E-state index contributed by atoms with van der Waals surface area (Å²) in [6.45, 7) is 4.04. The standard InChI is InChI=1S/C15H18FNOS/c1-3-14(15-5-4-8-19-15)17-10(2)12-7-6-11(18)9-13(12)16/h4-10,14,17-18H,3H2,1-2H3. The molecule has 1 heterocycles. The lowest BCUT2D eigenvalue weighted by molar-refractivity contribution is 0.440. The van der Waals surface area contributed by atoms with Crippen LogP contribution in [-0.4, -0.2) is 5.11 Å². The topological polar surface area (TPSA) is 32.3 Å². The highest BCUT2D eigenvalue weighted by atomic mass is 32.1. The van der Waals surface area contributed by atoms with E-state index in [4.69, 9.17) is 0 Å². The summed E-state index contributed by atoms with van der Waals surface area (Å²) in [5, 5.41) is 14.7. The third kappa shape index (κ3) is 3.33. The van der Waals surface area contributed by atoms with Crippen LogP contribution in [0.15, 0.2) is 35.7 Å². The Morgan fingerprint density at radius 3 is 2.74 bits per heavy atom. The Bertz CT molecular complexity index is 527. The minimum atomic E-state index is -0.374. The third-order valence-corrected chi connectivity index (χ3v) is 4.18. The van der Waals surface area contributed by atoms with Gasteiger partial charge in [-0.05, 0) is 30.9 Å². The number of phenols is 1. The van der Waals surface area contributed by atoms with Crippen molar-refractivity contribution in [2.75, 3.05) is 0 Å². The van der Waals surface area contributed by atoms with Crippen LogP contribution in [0.5, 0.6) is 5.75 Å². The lowest BCUT2D eigenvalue weighted by atomic mass is 10.1. The van der Waals surface area contributed by atoms with Crippen LogP contribution in [0, 0.1) is 5.82 Å². The number of aromatic hydroxyl groups is 1. The van der Waals surface area contributed by atoms with Crippen LogP contribution in [0.3, 0.4) is 0 Å². The summed E-state index contributed by atoms with van der Waals surface area (Å²) in [6.07, 6.45) is 0.949. The molecule has 2 atom stereocenters. The van der Waals surface area contributed by atoms with E-state index in [1.54, 1.807) is 17.4 Å². The maximum Gasteiger partial charge on any atom is 0.131 e. The van der Waals surface area contributed by atoms with Crippen LogP contribution in [0.4, 0.5) is 4.39 Å². The number of halogens is 1. The maximum atomic E-state index is 13.8. The van der Waals surface area contributed by atoms with Gasteiger partial charge < -0.3 is 10.4 Å². The van der Waals surface area contributed by atoms with Gasteiger partial charge in [-0.25, -0.2) is 4.39 Å². The number of nitrogens with one attached hydrogen (secondary N) is 1. The smallest absolute Gasteiger partial charge is 0.131 e. The van der Waals surface area contributed by atoms with E-state index in [-0.39, 0.29) is 23.7 Å². The molecule has 1 aromatic heterocycles. The summed E-state index contributed by atoms with van der Waals surface area (Å²) >= 11 is 1.70. The summed E-state index contributed by atoms with van der Waals surface area (Å²) < 4.78 is 13.8. The second-order valence-corrected chi connectivity index (χ2v) is 5.55. The molecule has 2 nitrogen and oxygen atoms in total. The van der Waals surface area contributed by atoms with Gasteiger partial charge in [-0.2, -0.15) is 0 Å². The van der Waals surface area contributed by atoms with E-state index in [0.717, 1.165) is 12.5 Å². The Balaban J connectivity index is 2.13. The van der Waals surface area contributed by atoms with Crippen molar-refractivity contribution >= 4 is 11.3 Å². The average Bonchev–Trinajstić information content (AvgIpc) is 2.89. The monoisotopic (exact) mass is 279 g/mol. The zero-order chi connectivity index (χ0) is 13.8. The number of phenolic OH excluding ortho intramolecular Hbond substituents is 1. The van der Waals surface area contributed by atoms with E-state index in [2.05, 4.69) is 18.3 Å². The van der Waals surface area contributed by atoms with Gasteiger partial charge in [-0.15, -0.1) is 11.3 Å². The van der Waals surface area contributed by atoms with Crippen LogP contribution in [0.25, 0.3) is 0 Å². The van der Waals surface area contributed by atoms with Crippen LogP contribution in [0.1, 0.15) is 42.8 Å². The van der Waals surface area contributed by atoms with E-state index >= 15 is 0 Å². The van der Waals surface area contributed by atoms with Crippen molar-refractivity contribution in [2.24, 2.45) is 0 Å². The van der Waals surface area contributed by atoms with E-state index in [1.165, 1.54) is 10.9 Å². The molecule has 0 saturated heterocycles. The Morgan fingerprint density at radius 2 is 2.16 bits per heavy atom. The van der Waals surface area contributed by atoms with Gasteiger partial charge in [-0.1, -0.05) is 19.1 Å². The van der Waals surface area contributed by atoms with Crippen LogP contribution < -0.4 is 5.32 Å². The van der Waals surface area contributed by atoms with Gasteiger partial charge in [-0.3, -0.25) is 0 Å². The van der Waals surface area contributed by atoms with Crippen LogP contribution in [0.2, 0.25) is 0 Å². The van der Waals surface area contributed by atoms with Gasteiger partial charge in [0, 0.05) is 28.6 Å². The molecule has 1 aromatic carbocycles. The molecule has 0 spiro atoms. The van der Waals surface area contributed by atoms with Crippen molar-refractivity contribution in [2.45, 2.75) is 32.4 Å². The van der Waals surface area contributed by atoms with Gasteiger partial charge in [0.05, 0.1) is 0 Å². The SMILES string of the molecule is CCC(NC(C)c1ccc(O)cc1F)c1cccs1. The normalized spacial score (nSPS) is 14.3. The molecule has 0 aliphatic heterocycles. The highest BCUT2D eigenvalue weighted by molar-refractivity contribution is 7.10. The molecular formula is C15H18FNOS. The molecule has 0 aliphatic carbocycles. The second kappa shape index (κ2) is 6.17. The largest absolute Gasteiger partial charge is 0.508 e. The van der Waals surface area contributed by atoms with Gasteiger partial charge >= 0.3 is 0 Å². The van der Waals surface area contributed by atoms with Crippen molar-refractivity contribution in [1.29, 1.82) is 0 Å². The number of hydrogen-bond acceptors (Lipinski definition) is 3. The second-order valence-electron chi connectivity index (χ2n) is 4.57. The Labute approximate surface area is 116 Å². The van der Waals surface area contributed by atoms with Crippen molar-refractivity contribution in [3.05, 3.63) is 52.0 Å². The molecule has 0 saturated carbocycles. The first-order valence-electron chi connectivity index (χ1n) is 6.39. The predicted octanol–water partition coefficient (Wildman–Crippen LogP) is 4.39. The number of thiophene rings is 1. The van der Waals surface area contributed by atoms with E-state index in [9.17, 15) is 9.50 Å². The summed E-state index contributed by atoms with van der Waals surface area (Å²) in [4.78, 5) is 1.26. The summed E-state index contributed by atoms with van der Waals surface area (Å²) in [6, 6.07) is 8.53. The molecule has 2 rings (SSSR count). The molecule has 2 unspecified atom stereocenters. The van der Waals surface area contributed by atoms with Gasteiger partial charge in [0.2, 0.25) is 0 Å². The fraction of sp³-hybridized carbons (Fsp3) is 0.333. The van der Waals surface area contributed by atoms with Crippen LogP contribution in [-0.2, 0) is 0 Å². The molecular weight excluding hydrogens is 261 g/mol. The van der Waals surface area contributed by atoms with Crippen molar-refractivity contribution in [3.8, 4) is 5.75 Å². The number of rotatable bonds is 5. The fourth-order valence-electron chi connectivity index (χ4n) is 2.15. The minimum Gasteiger partial charge on any atom is -0.508 e. The highest BCUT2D eigenvalue weighted by Crippen LogP contribution is 2.27. The lowest BCUT2D eigenvalue weighted by Crippen LogP contribution is -2.24. The highest BCUT2D eigenvalue weighted by Gasteiger charge is 2.17. The number of hydrogen-bond donors (Lipinski definition) is 2. The Kier molecular flexibility index (Phi) is 4.56. The molecule has 4 heteroatoms. The molecule has 102 valence electrons. The maximum absolute atomic E-state index is 13.8. The van der Waals surface area contributed by atoms with E-state index < -0.39 is 0 Å². The lowest BCUT2D eigenvalue weighted by Gasteiger charge is -2.22. The van der Waals surface area contributed by atoms with Gasteiger partial charge in [0.15, 0.2) is 0 Å². The minimum absolute atomic E-state index is 0.0428. The van der Waals surface area contributed by atoms with Crippen molar-refractivity contribution < 1.29 is 9.50 Å². The quantitative estimate of drug-likeness (QED) is 0.850. The molecule has 0 bridgehead atoms. The third-order valence-electron chi connectivity index (χ3n) is 3.20. The van der Waals surface area contributed by atoms with Crippen molar-refractivity contribution in [1.82, 2.24) is 5.32 Å². The first-order chi connectivity index (χ1) is 9.11. The number of benzene rings is 1. The Hall–Kier alpha value is -1.39. The summed E-state index contributed by atoms with van der Waals surface area (Å²) in [5.74, 6) is -0.417. The van der Waals surface area contributed by atoms with Gasteiger partial charge in [0.25, 0.3) is 0 Å². The molecule has 0 fully saturated rings. The molecule has 0 radical (unpaired) electrons. The van der Waals surface area contributed by atoms with E-state index in [0.29, 0.717) is 5.56 Å². The summed E-state index contributed by atoms with van der Waals surface area (Å²) in [5.41, 5.74) is 0.577. The summed E-state index contributed by atoms with van der Waals surface area (Å²) in [7, 11) is 0.